The van der Waals surface area contributed by atoms with Gasteiger partial charge in [0, 0.05) is 19.3 Å². The highest BCUT2D eigenvalue weighted by Crippen LogP contribution is 2.14. The van der Waals surface area contributed by atoms with Crippen molar-refractivity contribution in [1.29, 1.82) is 0 Å². The zero-order valence-corrected chi connectivity index (χ0v) is 52.2. The molecular weight excluding hydrogens is 997 g/mol. The summed E-state index contributed by atoms with van der Waals surface area (Å²) in [7, 11) is 0. The van der Waals surface area contributed by atoms with E-state index in [-0.39, 0.29) is 31.1 Å². The summed E-state index contributed by atoms with van der Waals surface area (Å²) in [5, 5.41) is 0. The predicted molar refractivity (Wildman–Crippen MR) is 352 cm³/mol. The van der Waals surface area contributed by atoms with Crippen molar-refractivity contribution in [2.75, 3.05) is 13.2 Å². The van der Waals surface area contributed by atoms with Crippen LogP contribution < -0.4 is 0 Å². The van der Waals surface area contributed by atoms with Crippen molar-refractivity contribution in [2.45, 2.75) is 284 Å². The van der Waals surface area contributed by atoms with E-state index in [1.807, 2.05) is 0 Å². The lowest BCUT2D eigenvalue weighted by atomic mass is 10.1. The van der Waals surface area contributed by atoms with E-state index >= 15 is 0 Å². The van der Waals surface area contributed by atoms with E-state index < -0.39 is 6.10 Å². The van der Waals surface area contributed by atoms with Crippen molar-refractivity contribution < 1.29 is 28.6 Å². The number of rotatable bonds is 58. The monoisotopic (exact) mass is 1120 g/mol. The highest BCUT2D eigenvalue weighted by molar-refractivity contribution is 5.71. The normalized spacial score (nSPS) is 13.2. The standard InChI is InChI=1S/C75H120O6/c1-4-7-10-13-16-19-22-25-28-31-33-35-36-37-38-40-41-44-47-50-53-56-59-62-65-68-74(77)80-71-72(70-79-73(76)67-64-61-58-55-52-49-46-43-30-27-24-21-18-15-12-9-6-3)81-75(78)69-66-63-60-57-54-51-48-45-42-39-34-32-29-26-23-20-17-14-11-8-5-2/h7,9-10,12,16,18-19,21,23,25-28,30,32-35,37-38,41-42,44-45,50,53,72H,4-6,8,11,13-15,17,20,22,24,29,31,36,39-40,43,46-49,51-52,54-71H2,1-3H3/b10-7-,12-9-,19-16-,21-18-,26-23-,28-25-,30-27-,34-32-,35-33-,38-37-,44-41-,45-42-,53-50-. The number of unbranched alkanes of at least 4 members (excludes halogenated alkanes) is 21. The highest BCUT2D eigenvalue weighted by atomic mass is 16.6. The first-order valence-corrected chi connectivity index (χ1v) is 33.0. The quantitative estimate of drug-likeness (QED) is 0.0261. The maximum Gasteiger partial charge on any atom is 0.306 e. The van der Waals surface area contributed by atoms with E-state index in [0.717, 1.165) is 161 Å². The van der Waals surface area contributed by atoms with Gasteiger partial charge in [0.2, 0.25) is 0 Å². The van der Waals surface area contributed by atoms with Crippen molar-refractivity contribution in [1.82, 2.24) is 0 Å². The molecule has 0 aliphatic rings. The van der Waals surface area contributed by atoms with Gasteiger partial charge in [-0.3, -0.25) is 14.4 Å². The van der Waals surface area contributed by atoms with Crippen LogP contribution in [0, 0.1) is 0 Å². The van der Waals surface area contributed by atoms with Gasteiger partial charge in [-0.05, 0) is 148 Å². The molecule has 0 saturated carbocycles. The summed E-state index contributed by atoms with van der Waals surface area (Å²) in [4.78, 5) is 38.4. The van der Waals surface area contributed by atoms with Crippen molar-refractivity contribution in [3.8, 4) is 0 Å². The summed E-state index contributed by atoms with van der Waals surface area (Å²) in [5.74, 6) is -0.962. The molecule has 0 aromatic carbocycles. The number of esters is 3. The number of hydrogen-bond acceptors (Lipinski definition) is 6. The molecule has 0 rings (SSSR count). The van der Waals surface area contributed by atoms with Crippen LogP contribution in [0.4, 0.5) is 0 Å². The molecule has 0 heterocycles. The summed E-state index contributed by atoms with van der Waals surface area (Å²) in [6.07, 6.45) is 98.1. The molecule has 0 amide bonds. The van der Waals surface area contributed by atoms with Gasteiger partial charge in [-0.1, -0.05) is 269 Å². The van der Waals surface area contributed by atoms with Crippen LogP contribution in [0.3, 0.4) is 0 Å². The second-order valence-electron chi connectivity index (χ2n) is 21.3. The largest absolute Gasteiger partial charge is 0.462 e. The first-order valence-electron chi connectivity index (χ1n) is 33.0. The smallest absolute Gasteiger partial charge is 0.306 e. The molecule has 0 spiro atoms. The van der Waals surface area contributed by atoms with Gasteiger partial charge >= 0.3 is 17.9 Å². The Kier molecular flexibility index (Phi) is 63.4. The minimum atomic E-state index is -0.814. The number of carbonyl (C=O) groups excluding carboxylic acids is 3. The predicted octanol–water partition coefficient (Wildman–Crippen LogP) is 22.9. The zero-order chi connectivity index (χ0) is 58.5. The van der Waals surface area contributed by atoms with Gasteiger partial charge in [0.15, 0.2) is 6.10 Å². The minimum absolute atomic E-state index is 0.106. The molecule has 456 valence electrons. The summed E-state index contributed by atoms with van der Waals surface area (Å²) in [6.45, 7) is 6.36. The molecule has 0 aliphatic heterocycles. The SMILES string of the molecule is CC/C=C\C/C=C\C/C=C\C/C=C\C/C=C\C/C=C\C/C=C\CCCCCC(=O)OCC(COC(=O)CCCCCCCCC/C=C\C/C=C\C/C=C\CC)OC(=O)CCCCCCCC/C=C\C/C=C\C/C=C\CCCCCCC. The molecular formula is C75H120O6. The Morgan fingerprint density at radius 1 is 0.259 bits per heavy atom. The van der Waals surface area contributed by atoms with Crippen LogP contribution >= 0.6 is 0 Å². The first-order chi connectivity index (χ1) is 40.0. The molecule has 6 nitrogen and oxygen atoms in total. The Balaban J connectivity index is 4.52. The number of ether oxygens (including phenoxy) is 3. The Bertz CT molecular complexity index is 1810. The van der Waals surface area contributed by atoms with Crippen LogP contribution in [0.1, 0.15) is 278 Å². The van der Waals surface area contributed by atoms with Gasteiger partial charge in [-0.2, -0.15) is 0 Å². The van der Waals surface area contributed by atoms with Crippen LogP contribution in [0.5, 0.6) is 0 Å². The van der Waals surface area contributed by atoms with Crippen molar-refractivity contribution in [2.24, 2.45) is 0 Å². The number of allylic oxidation sites excluding steroid dienone is 26. The third-order valence-corrected chi connectivity index (χ3v) is 13.5. The molecule has 81 heavy (non-hydrogen) atoms. The van der Waals surface area contributed by atoms with E-state index in [4.69, 9.17) is 14.2 Å². The van der Waals surface area contributed by atoms with Crippen molar-refractivity contribution in [3.63, 3.8) is 0 Å². The van der Waals surface area contributed by atoms with Crippen LogP contribution in [0.15, 0.2) is 158 Å². The van der Waals surface area contributed by atoms with Crippen LogP contribution in [0.2, 0.25) is 0 Å². The average Bonchev–Trinajstić information content (AvgIpc) is 3.47. The van der Waals surface area contributed by atoms with Gasteiger partial charge in [0.05, 0.1) is 0 Å². The van der Waals surface area contributed by atoms with Gasteiger partial charge in [-0.25, -0.2) is 0 Å². The van der Waals surface area contributed by atoms with E-state index in [1.54, 1.807) is 0 Å². The molecule has 0 aliphatic carbocycles. The first kappa shape index (κ1) is 76.0. The average molecular weight is 1120 g/mol. The maximum absolute atomic E-state index is 12.9. The fourth-order valence-electron chi connectivity index (χ4n) is 8.62. The third kappa shape index (κ3) is 65.7. The van der Waals surface area contributed by atoms with Crippen molar-refractivity contribution >= 4 is 17.9 Å². The lowest BCUT2D eigenvalue weighted by Gasteiger charge is -2.18. The fourth-order valence-corrected chi connectivity index (χ4v) is 8.62. The molecule has 6 heteroatoms. The third-order valence-electron chi connectivity index (χ3n) is 13.5. The molecule has 0 aromatic heterocycles. The molecule has 1 unspecified atom stereocenters. The van der Waals surface area contributed by atoms with E-state index in [0.29, 0.717) is 19.3 Å². The molecule has 0 bridgehead atoms. The van der Waals surface area contributed by atoms with Crippen LogP contribution in [-0.2, 0) is 28.6 Å². The summed E-state index contributed by atoms with van der Waals surface area (Å²) >= 11 is 0. The Hall–Kier alpha value is -4.97. The van der Waals surface area contributed by atoms with Crippen LogP contribution in [0.25, 0.3) is 0 Å². The Morgan fingerprint density at radius 2 is 0.481 bits per heavy atom. The topological polar surface area (TPSA) is 78.9 Å². The Labute approximate surface area is 499 Å². The van der Waals surface area contributed by atoms with Crippen molar-refractivity contribution in [3.05, 3.63) is 158 Å². The number of carbonyl (C=O) groups is 3. The maximum atomic E-state index is 12.9. The molecule has 0 saturated heterocycles. The molecule has 0 fully saturated rings. The van der Waals surface area contributed by atoms with E-state index in [9.17, 15) is 14.4 Å². The molecule has 0 N–H and O–H groups in total. The van der Waals surface area contributed by atoms with E-state index in [2.05, 4.69) is 179 Å². The van der Waals surface area contributed by atoms with Gasteiger partial charge in [0.1, 0.15) is 13.2 Å². The second-order valence-corrected chi connectivity index (χ2v) is 21.3. The lowest BCUT2D eigenvalue weighted by Crippen LogP contribution is -2.30. The Morgan fingerprint density at radius 3 is 0.765 bits per heavy atom. The second kappa shape index (κ2) is 67.5. The zero-order valence-electron chi connectivity index (χ0n) is 52.2. The fraction of sp³-hybridized carbons (Fsp3) is 0.613. The number of hydrogen-bond donors (Lipinski definition) is 0. The molecule has 0 radical (unpaired) electrons. The van der Waals surface area contributed by atoms with Gasteiger partial charge in [-0.15, -0.1) is 0 Å². The van der Waals surface area contributed by atoms with Gasteiger partial charge in [0.25, 0.3) is 0 Å². The van der Waals surface area contributed by atoms with Crippen LogP contribution in [-0.4, -0.2) is 37.2 Å². The lowest BCUT2D eigenvalue weighted by molar-refractivity contribution is -0.167. The molecule has 0 aromatic rings. The summed E-state index contributed by atoms with van der Waals surface area (Å²) in [5.41, 5.74) is 0. The highest BCUT2D eigenvalue weighted by Gasteiger charge is 2.19. The minimum Gasteiger partial charge on any atom is -0.462 e. The molecule has 1 atom stereocenters. The van der Waals surface area contributed by atoms with E-state index in [1.165, 1.54) is 77.0 Å². The van der Waals surface area contributed by atoms with Gasteiger partial charge < -0.3 is 14.2 Å². The summed E-state index contributed by atoms with van der Waals surface area (Å²) in [6, 6.07) is 0. The summed E-state index contributed by atoms with van der Waals surface area (Å²) < 4.78 is 16.9.